The summed E-state index contributed by atoms with van der Waals surface area (Å²) in [5, 5.41) is 5.46. The van der Waals surface area contributed by atoms with Crippen molar-refractivity contribution >= 4 is 44.8 Å². The van der Waals surface area contributed by atoms with Crippen molar-refractivity contribution in [1.29, 1.82) is 0 Å². The van der Waals surface area contributed by atoms with Gasteiger partial charge in [-0.3, -0.25) is 14.8 Å². The predicted octanol–water partition coefficient (Wildman–Crippen LogP) is 2.84. The molecule has 0 aliphatic rings. The van der Waals surface area contributed by atoms with Crippen molar-refractivity contribution in [2.75, 3.05) is 44.1 Å². The second-order valence-electron chi connectivity index (χ2n) is 7.36. The van der Waals surface area contributed by atoms with E-state index in [0.29, 0.717) is 36.8 Å². The van der Waals surface area contributed by atoms with Crippen LogP contribution in [0.3, 0.4) is 0 Å². The van der Waals surface area contributed by atoms with Gasteiger partial charge in [-0.15, -0.1) is 0 Å². The normalized spacial score (nSPS) is 10.8. The second-order valence-corrected chi connectivity index (χ2v) is 9.45. The third kappa shape index (κ3) is 7.99. The number of aromatic nitrogens is 2. The number of carbonyl (C=O) groups is 1. The maximum atomic E-state index is 12.8. The molecule has 0 spiro atoms. The molecular formula is C24H27N5O7S2. The Morgan fingerprint density at radius 3 is 2.42 bits per heavy atom. The summed E-state index contributed by atoms with van der Waals surface area (Å²) in [6.45, 7) is 3.15. The summed E-state index contributed by atoms with van der Waals surface area (Å²) in [6.07, 6.45) is 0. The Balaban J connectivity index is 1.62. The van der Waals surface area contributed by atoms with Crippen LogP contribution in [0.5, 0.6) is 17.6 Å². The number of para-hydroxylation sites is 1. The molecule has 3 N–H and O–H groups in total. The van der Waals surface area contributed by atoms with E-state index in [4.69, 9.17) is 31.2 Å². The number of anilines is 2. The molecular weight excluding hydrogens is 534 g/mol. The number of nitrogens with one attached hydrogen (secondary N) is 3. The Kier molecular flexibility index (Phi) is 10.2. The molecule has 14 heteroatoms. The van der Waals surface area contributed by atoms with Crippen LogP contribution >= 0.6 is 12.2 Å². The summed E-state index contributed by atoms with van der Waals surface area (Å²) in [5.74, 6) is 0.0356. The van der Waals surface area contributed by atoms with E-state index < -0.39 is 15.9 Å². The molecule has 0 radical (unpaired) electrons. The molecule has 2 aromatic carbocycles. The van der Waals surface area contributed by atoms with Crippen LogP contribution in [-0.2, 0) is 14.8 Å². The van der Waals surface area contributed by atoms with Crippen LogP contribution in [0.15, 0.2) is 59.5 Å². The largest absolute Gasteiger partial charge is 0.490 e. The van der Waals surface area contributed by atoms with Crippen LogP contribution in [0, 0.1) is 0 Å². The highest BCUT2D eigenvalue weighted by Gasteiger charge is 2.18. The summed E-state index contributed by atoms with van der Waals surface area (Å²) in [4.78, 5) is 20.6. The van der Waals surface area contributed by atoms with E-state index in [1.807, 2.05) is 6.92 Å². The van der Waals surface area contributed by atoms with E-state index in [9.17, 15) is 13.2 Å². The zero-order chi connectivity index (χ0) is 27.5. The Hall–Kier alpha value is -4.01. The maximum absolute atomic E-state index is 12.8. The molecule has 3 rings (SSSR count). The Morgan fingerprint density at radius 1 is 1.00 bits per heavy atom. The van der Waals surface area contributed by atoms with Gasteiger partial charge in [0.2, 0.25) is 5.88 Å². The molecule has 0 aliphatic carbocycles. The molecule has 0 aliphatic heterocycles. The van der Waals surface area contributed by atoms with Crippen LogP contribution in [-0.4, -0.2) is 63.4 Å². The molecule has 202 valence electrons. The number of nitrogens with zero attached hydrogens (tertiary/aromatic N) is 2. The average Bonchev–Trinajstić information content (AvgIpc) is 2.91. The van der Waals surface area contributed by atoms with Crippen LogP contribution in [0.2, 0.25) is 0 Å². The molecule has 12 nitrogen and oxygen atoms in total. The topological polar surface area (TPSA) is 150 Å². The van der Waals surface area contributed by atoms with Crippen molar-refractivity contribution in [2.24, 2.45) is 0 Å². The van der Waals surface area contributed by atoms with Gasteiger partial charge in [-0.1, -0.05) is 12.1 Å². The van der Waals surface area contributed by atoms with Gasteiger partial charge in [0.25, 0.3) is 15.9 Å². The summed E-state index contributed by atoms with van der Waals surface area (Å²) < 4.78 is 48.8. The van der Waals surface area contributed by atoms with Crippen LogP contribution < -0.4 is 29.6 Å². The molecule has 1 aromatic heterocycles. The molecule has 0 saturated heterocycles. The van der Waals surface area contributed by atoms with Gasteiger partial charge < -0.3 is 24.3 Å². The SMILES string of the molecule is CCOCCOc1ccccc1C(=O)NC(=S)Nc1ccc(S(=O)(=O)Nc2cc(OC)nc(OC)n2)cc1. The quantitative estimate of drug-likeness (QED) is 0.221. The smallest absolute Gasteiger partial charge is 0.321 e. The summed E-state index contributed by atoms with van der Waals surface area (Å²) in [5.41, 5.74) is 0.763. The van der Waals surface area contributed by atoms with Gasteiger partial charge in [0, 0.05) is 18.4 Å². The lowest BCUT2D eigenvalue weighted by Gasteiger charge is -2.13. The number of hydrogen-bond donors (Lipinski definition) is 3. The van der Waals surface area contributed by atoms with Crippen LogP contribution in [0.1, 0.15) is 17.3 Å². The molecule has 0 saturated carbocycles. The van der Waals surface area contributed by atoms with Crippen LogP contribution in [0.4, 0.5) is 11.5 Å². The molecule has 1 amide bonds. The first kappa shape index (κ1) is 28.6. The van der Waals surface area contributed by atoms with Gasteiger partial charge in [-0.25, -0.2) is 8.42 Å². The number of thiocarbonyl (C=S) groups is 1. The highest BCUT2D eigenvalue weighted by Crippen LogP contribution is 2.22. The average molecular weight is 562 g/mol. The number of rotatable bonds is 12. The van der Waals surface area contributed by atoms with Gasteiger partial charge in [0.1, 0.15) is 12.4 Å². The number of hydrogen-bond acceptors (Lipinski definition) is 10. The van der Waals surface area contributed by atoms with Crippen molar-refractivity contribution in [3.63, 3.8) is 0 Å². The standard InChI is InChI=1S/C24H27N5O7S2/c1-4-35-13-14-36-19-8-6-5-7-18(19)22(30)28-24(37)25-16-9-11-17(12-10-16)38(31,32)29-20-15-21(33-2)27-23(26-20)34-3/h5-12,15H,4,13-14H2,1-3H3,(H,26,27,29)(H2,25,28,30,37). The molecule has 0 fully saturated rings. The lowest BCUT2D eigenvalue weighted by molar-refractivity contribution is 0.0958. The van der Waals surface area contributed by atoms with Crippen molar-refractivity contribution in [3.05, 3.63) is 60.2 Å². The molecule has 0 unspecified atom stereocenters. The van der Waals surface area contributed by atoms with Crippen molar-refractivity contribution in [3.8, 4) is 17.6 Å². The van der Waals surface area contributed by atoms with Crippen molar-refractivity contribution < 1.29 is 32.2 Å². The third-order valence-corrected chi connectivity index (χ3v) is 6.36. The summed E-state index contributed by atoms with van der Waals surface area (Å²) in [6, 6.07) is 13.8. The molecule has 0 bridgehead atoms. The van der Waals surface area contributed by atoms with Gasteiger partial charge in [0.15, 0.2) is 10.9 Å². The monoisotopic (exact) mass is 561 g/mol. The highest BCUT2D eigenvalue weighted by atomic mass is 32.2. The number of ether oxygens (including phenoxy) is 4. The minimum Gasteiger partial charge on any atom is -0.490 e. The van der Waals surface area contributed by atoms with Crippen LogP contribution in [0.25, 0.3) is 0 Å². The van der Waals surface area contributed by atoms with Crippen molar-refractivity contribution in [2.45, 2.75) is 11.8 Å². The number of amides is 1. The zero-order valence-corrected chi connectivity index (χ0v) is 22.5. The van der Waals surface area contributed by atoms with Gasteiger partial charge >= 0.3 is 6.01 Å². The fourth-order valence-electron chi connectivity index (χ4n) is 3.03. The number of benzene rings is 2. The first-order chi connectivity index (χ1) is 18.2. The highest BCUT2D eigenvalue weighted by molar-refractivity contribution is 7.92. The maximum Gasteiger partial charge on any atom is 0.321 e. The van der Waals surface area contributed by atoms with E-state index in [1.165, 1.54) is 44.6 Å². The minimum atomic E-state index is -3.98. The first-order valence-corrected chi connectivity index (χ1v) is 13.2. The van der Waals surface area contributed by atoms with Crippen molar-refractivity contribution in [1.82, 2.24) is 15.3 Å². The molecule has 1 heterocycles. The number of methoxy groups -OCH3 is 2. The van der Waals surface area contributed by atoms with E-state index in [0.717, 1.165) is 0 Å². The number of sulfonamides is 1. The second kappa shape index (κ2) is 13.5. The third-order valence-electron chi connectivity index (χ3n) is 4.78. The predicted molar refractivity (Wildman–Crippen MR) is 145 cm³/mol. The van der Waals surface area contributed by atoms with E-state index in [-0.39, 0.29) is 27.7 Å². The van der Waals surface area contributed by atoms with E-state index in [2.05, 4.69) is 25.3 Å². The zero-order valence-electron chi connectivity index (χ0n) is 20.9. The summed E-state index contributed by atoms with van der Waals surface area (Å²) in [7, 11) is -1.25. The van der Waals surface area contributed by atoms with Gasteiger partial charge in [-0.2, -0.15) is 9.97 Å². The van der Waals surface area contributed by atoms with Gasteiger partial charge in [-0.05, 0) is 55.5 Å². The molecule has 3 aromatic rings. The first-order valence-electron chi connectivity index (χ1n) is 11.3. The fraction of sp³-hybridized carbons (Fsp3) is 0.250. The molecule has 38 heavy (non-hydrogen) atoms. The van der Waals surface area contributed by atoms with E-state index >= 15 is 0 Å². The lowest BCUT2D eigenvalue weighted by atomic mass is 10.2. The Labute approximate surface area is 225 Å². The Bertz CT molecular complexity index is 1350. The van der Waals surface area contributed by atoms with Gasteiger partial charge in [0.05, 0.1) is 31.3 Å². The Morgan fingerprint density at radius 2 is 1.74 bits per heavy atom. The number of carbonyl (C=O) groups excluding carboxylic acids is 1. The lowest BCUT2D eigenvalue weighted by Crippen LogP contribution is -2.34. The fourth-order valence-corrected chi connectivity index (χ4v) is 4.24. The summed E-state index contributed by atoms with van der Waals surface area (Å²) >= 11 is 5.25. The molecule has 0 atom stereocenters. The minimum absolute atomic E-state index is 0.0213. The van der Waals surface area contributed by atoms with E-state index in [1.54, 1.807) is 24.3 Å².